The maximum absolute atomic E-state index is 12.8. The van der Waals surface area contributed by atoms with Gasteiger partial charge in [-0.3, -0.25) is 9.69 Å². The van der Waals surface area contributed by atoms with Gasteiger partial charge in [0, 0.05) is 10.0 Å². The molecule has 1 heterocycles. The molecule has 6 nitrogen and oxygen atoms in total. The van der Waals surface area contributed by atoms with Crippen LogP contribution in [0.5, 0.6) is 11.5 Å². The molecular weight excluding hydrogens is 424 g/mol. The van der Waals surface area contributed by atoms with Crippen LogP contribution in [0, 0.1) is 0 Å². The SMILES string of the molecule is COc1cccc(/C=C2/NC(=O)N(Cc3ccc(Br)cc3)C2=O)c1OC(C)C. The molecule has 1 fully saturated rings. The minimum absolute atomic E-state index is 0.0729. The van der Waals surface area contributed by atoms with Crippen molar-refractivity contribution in [3.05, 3.63) is 63.8 Å². The molecule has 1 N–H and O–H groups in total. The van der Waals surface area contributed by atoms with Gasteiger partial charge in [-0.15, -0.1) is 0 Å². The molecule has 0 atom stereocenters. The van der Waals surface area contributed by atoms with E-state index >= 15 is 0 Å². The minimum atomic E-state index is -0.451. The van der Waals surface area contributed by atoms with Crippen LogP contribution in [-0.4, -0.2) is 30.1 Å². The van der Waals surface area contributed by atoms with Crippen molar-refractivity contribution in [1.82, 2.24) is 10.2 Å². The standard InChI is InChI=1S/C21H21BrN2O4/c1-13(2)28-19-15(5-4-6-18(19)27-3)11-17-20(25)24(21(26)23-17)12-14-7-9-16(22)10-8-14/h4-11,13H,12H2,1-3H3,(H,23,26)/b17-11+. The van der Waals surface area contributed by atoms with Gasteiger partial charge in [0.15, 0.2) is 11.5 Å². The molecule has 0 unspecified atom stereocenters. The molecule has 0 bridgehead atoms. The average Bonchev–Trinajstić information content (AvgIpc) is 2.92. The molecule has 2 aromatic rings. The summed E-state index contributed by atoms with van der Waals surface area (Å²) in [5, 5.41) is 2.64. The predicted octanol–water partition coefficient (Wildman–Crippen LogP) is 4.34. The molecule has 3 rings (SSSR count). The van der Waals surface area contributed by atoms with Crippen LogP contribution in [0.4, 0.5) is 4.79 Å². The lowest BCUT2D eigenvalue weighted by Crippen LogP contribution is -2.30. The molecule has 0 radical (unpaired) electrons. The van der Waals surface area contributed by atoms with E-state index in [1.807, 2.05) is 44.2 Å². The van der Waals surface area contributed by atoms with Crippen LogP contribution < -0.4 is 14.8 Å². The third kappa shape index (κ3) is 4.36. The first-order valence-electron chi connectivity index (χ1n) is 8.81. The van der Waals surface area contributed by atoms with E-state index in [1.165, 1.54) is 4.90 Å². The lowest BCUT2D eigenvalue weighted by molar-refractivity contribution is -0.123. The van der Waals surface area contributed by atoms with E-state index in [0.29, 0.717) is 17.1 Å². The summed E-state index contributed by atoms with van der Waals surface area (Å²) < 4.78 is 12.2. The Balaban J connectivity index is 1.88. The molecule has 7 heteroatoms. The number of nitrogens with zero attached hydrogens (tertiary/aromatic N) is 1. The van der Waals surface area contributed by atoms with Crippen molar-refractivity contribution in [3.63, 3.8) is 0 Å². The molecule has 2 aromatic carbocycles. The molecule has 1 aliphatic heterocycles. The van der Waals surface area contributed by atoms with Gasteiger partial charge in [0.25, 0.3) is 5.91 Å². The van der Waals surface area contributed by atoms with Crippen LogP contribution in [0.2, 0.25) is 0 Å². The Morgan fingerprint density at radius 1 is 1.14 bits per heavy atom. The van der Waals surface area contributed by atoms with Crippen molar-refractivity contribution in [2.24, 2.45) is 0 Å². The fourth-order valence-electron chi connectivity index (χ4n) is 2.81. The molecule has 0 aromatic heterocycles. The highest BCUT2D eigenvalue weighted by atomic mass is 79.9. The van der Waals surface area contributed by atoms with Crippen LogP contribution in [0.3, 0.4) is 0 Å². The quantitative estimate of drug-likeness (QED) is 0.531. The zero-order valence-electron chi connectivity index (χ0n) is 15.9. The van der Waals surface area contributed by atoms with Crippen molar-refractivity contribution < 1.29 is 19.1 Å². The smallest absolute Gasteiger partial charge is 0.329 e. The number of urea groups is 1. The number of imide groups is 1. The van der Waals surface area contributed by atoms with Crippen molar-refractivity contribution in [2.45, 2.75) is 26.5 Å². The fourth-order valence-corrected chi connectivity index (χ4v) is 3.08. The number of hydrogen-bond acceptors (Lipinski definition) is 4. The highest BCUT2D eigenvalue weighted by Crippen LogP contribution is 2.34. The zero-order chi connectivity index (χ0) is 20.3. The minimum Gasteiger partial charge on any atom is -0.493 e. The average molecular weight is 445 g/mol. The van der Waals surface area contributed by atoms with Crippen LogP contribution in [0.25, 0.3) is 6.08 Å². The zero-order valence-corrected chi connectivity index (χ0v) is 17.4. The van der Waals surface area contributed by atoms with Crippen molar-refractivity contribution >= 4 is 33.9 Å². The first-order chi connectivity index (χ1) is 13.4. The summed E-state index contributed by atoms with van der Waals surface area (Å²) in [7, 11) is 1.56. The second-order valence-corrected chi connectivity index (χ2v) is 7.47. The Morgan fingerprint density at radius 2 is 1.86 bits per heavy atom. The Morgan fingerprint density at radius 3 is 2.50 bits per heavy atom. The van der Waals surface area contributed by atoms with Crippen molar-refractivity contribution in [3.8, 4) is 11.5 Å². The lowest BCUT2D eigenvalue weighted by atomic mass is 10.1. The number of nitrogens with one attached hydrogen (secondary N) is 1. The predicted molar refractivity (Wildman–Crippen MR) is 110 cm³/mol. The first kappa shape index (κ1) is 19.9. The number of carbonyl (C=O) groups excluding carboxylic acids is 2. The summed E-state index contributed by atoms with van der Waals surface area (Å²) in [6.07, 6.45) is 1.54. The van der Waals surface area contributed by atoms with E-state index < -0.39 is 6.03 Å². The third-order valence-electron chi connectivity index (χ3n) is 4.10. The molecule has 1 saturated heterocycles. The van der Waals surface area contributed by atoms with Gasteiger partial charge in [-0.1, -0.05) is 40.2 Å². The molecule has 146 valence electrons. The van der Waals surface area contributed by atoms with Crippen molar-refractivity contribution in [2.75, 3.05) is 7.11 Å². The van der Waals surface area contributed by atoms with Crippen LogP contribution in [0.15, 0.2) is 52.6 Å². The normalized spacial score (nSPS) is 15.3. The summed E-state index contributed by atoms with van der Waals surface area (Å²) in [4.78, 5) is 26.3. The topological polar surface area (TPSA) is 67.9 Å². The third-order valence-corrected chi connectivity index (χ3v) is 4.63. The number of carbonyl (C=O) groups is 2. The number of halogens is 1. The lowest BCUT2D eigenvalue weighted by Gasteiger charge is -2.16. The van der Waals surface area contributed by atoms with Gasteiger partial charge in [0.05, 0.1) is 19.8 Å². The largest absolute Gasteiger partial charge is 0.493 e. The van der Waals surface area contributed by atoms with Gasteiger partial charge in [0.1, 0.15) is 5.70 Å². The second kappa shape index (κ2) is 8.48. The van der Waals surface area contributed by atoms with Crippen molar-refractivity contribution in [1.29, 1.82) is 0 Å². The highest BCUT2D eigenvalue weighted by molar-refractivity contribution is 9.10. The van der Waals surface area contributed by atoms with E-state index in [1.54, 1.807) is 25.3 Å². The van der Waals surface area contributed by atoms with Gasteiger partial charge in [-0.05, 0) is 43.7 Å². The van der Waals surface area contributed by atoms with Crippen LogP contribution in [0.1, 0.15) is 25.0 Å². The molecule has 0 spiro atoms. The summed E-state index contributed by atoms with van der Waals surface area (Å²) in [5.74, 6) is 0.707. The summed E-state index contributed by atoms with van der Waals surface area (Å²) in [6, 6.07) is 12.4. The second-order valence-electron chi connectivity index (χ2n) is 6.55. The molecule has 1 aliphatic rings. The van der Waals surface area contributed by atoms with E-state index in [2.05, 4.69) is 21.2 Å². The number of methoxy groups -OCH3 is 1. The number of hydrogen-bond donors (Lipinski definition) is 1. The summed E-state index contributed by atoms with van der Waals surface area (Å²) in [5.41, 5.74) is 1.71. The summed E-state index contributed by atoms with van der Waals surface area (Å²) >= 11 is 3.37. The number of amides is 3. The van der Waals surface area contributed by atoms with E-state index in [9.17, 15) is 9.59 Å². The Bertz CT molecular complexity index is 923. The number of para-hydroxylation sites is 1. The first-order valence-corrected chi connectivity index (χ1v) is 9.61. The molecule has 0 saturated carbocycles. The monoisotopic (exact) mass is 444 g/mol. The number of benzene rings is 2. The summed E-state index contributed by atoms with van der Waals surface area (Å²) in [6.45, 7) is 4.01. The van der Waals surface area contributed by atoms with Crippen LogP contribution >= 0.6 is 15.9 Å². The molecule has 0 aliphatic carbocycles. The van der Waals surface area contributed by atoms with Gasteiger partial charge >= 0.3 is 6.03 Å². The van der Waals surface area contributed by atoms with Gasteiger partial charge in [0.2, 0.25) is 0 Å². The molecule has 28 heavy (non-hydrogen) atoms. The van der Waals surface area contributed by atoms with Gasteiger partial charge in [-0.25, -0.2) is 4.79 Å². The van der Waals surface area contributed by atoms with Crippen LogP contribution in [-0.2, 0) is 11.3 Å². The number of rotatable bonds is 6. The van der Waals surface area contributed by atoms with Gasteiger partial charge in [-0.2, -0.15) is 0 Å². The highest BCUT2D eigenvalue weighted by Gasteiger charge is 2.33. The maximum atomic E-state index is 12.8. The maximum Gasteiger partial charge on any atom is 0.329 e. The van der Waals surface area contributed by atoms with Gasteiger partial charge < -0.3 is 14.8 Å². The molecular formula is C21H21BrN2O4. The van der Waals surface area contributed by atoms with E-state index in [0.717, 1.165) is 10.0 Å². The van der Waals surface area contributed by atoms with E-state index in [-0.39, 0.29) is 24.3 Å². The Hall–Kier alpha value is -2.80. The number of ether oxygens (including phenoxy) is 2. The van der Waals surface area contributed by atoms with E-state index in [4.69, 9.17) is 9.47 Å². The Labute approximate surface area is 172 Å². The Kier molecular flexibility index (Phi) is 6.04. The molecule has 3 amide bonds. The fraction of sp³-hybridized carbons (Fsp3) is 0.238.